The Labute approximate surface area is 78.1 Å². The maximum absolute atomic E-state index is 11.2. The van der Waals surface area contributed by atoms with Gasteiger partial charge in [-0.1, -0.05) is 0 Å². The fourth-order valence-electron chi connectivity index (χ4n) is 1.19. The van der Waals surface area contributed by atoms with Crippen LogP contribution in [0.1, 0.15) is 5.01 Å². The van der Waals surface area contributed by atoms with Gasteiger partial charge in [0.05, 0.1) is 5.01 Å². The van der Waals surface area contributed by atoms with Crippen LogP contribution in [0.5, 0.6) is 5.75 Å². The molecule has 0 saturated heterocycles. The SMILES string of the molecule is Cc1nc2c(s1)c(O)cc(=O)n2C. The zero-order valence-electron chi connectivity index (χ0n) is 7.24. The van der Waals surface area contributed by atoms with E-state index in [0.717, 1.165) is 5.01 Å². The van der Waals surface area contributed by atoms with Crippen molar-refractivity contribution in [3.63, 3.8) is 0 Å². The lowest BCUT2D eigenvalue weighted by Gasteiger charge is -1.98. The topological polar surface area (TPSA) is 55.1 Å². The molecule has 0 radical (unpaired) electrons. The smallest absolute Gasteiger partial charge is 0.255 e. The van der Waals surface area contributed by atoms with Gasteiger partial charge in [-0.3, -0.25) is 9.36 Å². The molecule has 1 N–H and O–H groups in total. The summed E-state index contributed by atoms with van der Waals surface area (Å²) in [7, 11) is 1.64. The monoisotopic (exact) mass is 196 g/mol. The lowest BCUT2D eigenvalue weighted by Crippen LogP contribution is -2.15. The normalized spacial score (nSPS) is 10.9. The summed E-state index contributed by atoms with van der Waals surface area (Å²) in [6.07, 6.45) is 0. The molecule has 0 fully saturated rings. The van der Waals surface area contributed by atoms with Gasteiger partial charge in [0.1, 0.15) is 10.4 Å². The predicted octanol–water partition coefficient (Wildman–Crippen LogP) is 1.01. The third kappa shape index (κ3) is 1.12. The Bertz CT molecular complexity index is 527. The molecule has 0 amide bonds. The maximum Gasteiger partial charge on any atom is 0.255 e. The summed E-state index contributed by atoms with van der Waals surface area (Å²) in [6.45, 7) is 1.84. The largest absolute Gasteiger partial charge is 0.506 e. The van der Waals surface area contributed by atoms with Gasteiger partial charge in [-0.25, -0.2) is 4.98 Å². The highest BCUT2D eigenvalue weighted by atomic mass is 32.1. The first kappa shape index (κ1) is 8.25. The van der Waals surface area contributed by atoms with Crippen molar-refractivity contribution in [3.8, 4) is 5.75 Å². The second-order valence-corrected chi connectivity index (χ2v) is 4.02. The number of rotatable bonds is 0. The molecule has 0 aromatic carbocycles. The first-order valence-electron chi connectivity index (χ1n) is 3.75. The Hall–Kier alpha value is -1.36. The van der Waals surface area contributed by atoms with Crippen molar-refractivity contribution in [1.82, 2.24) is 9.55 Å². The molecule has 0 bridgehead atoms. The van der Waals surface area contributed by atoms with Gasteiger partial charge < -0.3 is 5.11 Å². The van der Waals surface area contributed by atoms with Crippen LogP contribution in [0.4, 0.5) is 0 Å². The average Bonchev–Trinajstić information content (AvgIpc) is 2.44. The van der Waals surface area contributed by atoms with Crippen LogP contribution >= 0.6 is 11.3 Å². The van der Waals surface area contributed by atoms with E-state index in [2.05, 4.69) is 4.98 Å². The molecule has 0 spiro atoms. The zero-order valence-corrected chi connectivity index (χ0v) is 8.05. The van der Waals surface area contributed by atoms with E-state index in [0.29, 0.717) is 10.3 Å². The van der Waals surface area contributed by atoms with Gasteiger partial charge in [-0.2, -0.15) is 0 Å². The van der Waals surface area contributed by atoms with Crippen LogP contribution in [0.3, 0.4) is 0 Å². The predicted molar refractivity (Wildman–Crippen MR) is 51.3 cm³/mol. The summed E-state index contributed by atoms with van der Waals surface area (Å²) in [5.74, 6) is 0.0173. The van der Waals surface area contributed by atoms with Crippen molar-refractivity contribution < 1.29 is 5.11 Å². The Morgan fingerprint density at radius 2 is 2.31 bits per heavy atom. The first-order valence-corrected chi connectivity index (χ1v) is 4.57. The molecule has 0 atom stereocenters. The number of nitrogens with zero attached hydrogens (tertiary/aromatic N) is 2. The lowest BCUT2D eigenvalue weighted by molar-refractivity contribution is 0.480. The second-order valence-electron chi connectivity index (χ2n) is 2.81. The van der Waals surface area contributed by atoms with E-state index in [1.807, 2.05) is 6.92 Å². The van der Waals surface area contributed by atoms with Gasteiger partial charge >= 0.3 is 0 Å². The van der Waals surface area contributed by atoms with Crippen molar-refractivity contribution in [2.24, 2.45) is 7.05 Å². The third-order valence-corrected chi connectivity index (χ3v) is 2.84. The number of thiazole rings is 1. The van der Waals surface area contributed by atoms with Crippen LogP contribution in [0.25, 0.3) is 10.3 Å². The Kier molecular flexibility index (Phi) is 1.63. The molecule has 5 heteroatoms. The Balaban J connectivity index is 3.04. The molecule has 2 aromatic heterocycles. The Morgan fingerprint density at radius 1 is 1.62 bits per heavy atom. The highest BCUT2D eigenvalue weighted by Gasteiger charge is 2.09. The molecule has 68 valence electrons. The number of aryl methyl sites for hydroxylation is 2. The fraction of sp³-hybridized carbons (Fsp3) is 0.250. The van der Waals surface area contributed by atoms with Crippen LogP contribution in [-0.2, 0) is 7.05 Å². The number of fused-ring (bicyclic) bond motifs is 1. The van der Waals surface area contributed by atoms with Crippen LogP contribution in [0.15, 0.2) is 10.9 Å². The molecule has 0 saturated carbocycles. The van der Waals surface area contributed by atoms with E-state index in [1.165, 1.54) is 22.0 Å². The van der Waals surface area contributed by atoms with E-state index in [4.69, 9.17) is 0 Å². The minimum atomic E-state index is -0.240. The molecule has 2 rings (SSSR count). The molecular weight excluding hydrogens is 188 g/mol. The van der Waals surface area contributed by atoms with Gasteiger partial charge in [-0.15, -0.1) is 11.3 Å². The summed E-state index contributed by atoms with van der Waals surface area (Å²) in [6, 6.07) is 1.21. The molecule has 0 aliphatic rings. The van der Waals surface area contributed by atoms with Crippen molar-refractivity contribution in [2.45, 2.75) is 6.92 Å². The summed E-state index contributed by atoms with van der Waals surface area (Å²) in [5, 5.41) is 10.3. The molecule has 13 heavy (non-hydrogen) atoms. The van der Waals surface area contributed by atoms with Gasteiger partial charge in [-0.05, 0) is 6.92 Å². The van der Waals surface area contributed by atoms with Gasteiger partial charge in [0, 0.05) is 13.1 Å². The Morgan fingerprint density at radius 3 is 3.00 bits per heavy atom. The van der Waals surface area contributed by atoms with E-state index in [-0.39, 0.29) is 11.3 Å². The molecule has 2 aromatic rings. The average molecular weight is 196 g/mol. The summed E-state index contributed by atoms with van der Waals surface area (Å²) >= 11 is 1.38. The molecule has 0 aliphatic carbocycles. The van der Waals surface area contributed by atoms with Crippen LogP contribution < -0.4 is 5.56 Å². The molecule has 2 heterocycles. The van der Waals surface area contributed by atoms with Gasteiger partial charge in [0.2, 0.25) is 0 Å². The number of pyridine rings is 1. The van der Waals surface area contributed by atoms with Gasteiger partial charge in [0.15, 0.2) is 5.65 Å². The minimum absolute atomic E-state index is 0.0173. The van der Waals surface area contributed by atoms with Crippen molar-refractivity contribution in [2.75, 3.05) is 0 Å². The van der Waals surface area contributed by atoms with E-state index in [9.17, 15) is 9.90 Å². The van der Waals surface area contributed by atoms with Crippen molar-refractivity contribution >= 4 is 21.7 Å². The number of hydrogen-bond donors (Lipinski definition) is 1. The standard InChI is InChI=1S/C8H8N2O2S/c1-4-9-8-7(13-4)5(11)3-6(12)10(8)2/h3,11H,1-2H3. The summed E-state index contributed by atoms with van der Waals surface area (Å²) in [5.41, 5.74) is 0.308. The van der Waals surface area contributed by atoms with Crippen LogP contribution in [-0.4, -0.2) is 14.7 Å². The number of aromatic nitrogens is 2. The highest BCUT2D eigenvalue weighted by Crippen LogP contribution is 2.27. The second kappa shape index (κ2) is 2.56. The maximum atomic E-state index is 11.2. The number of aromatic hydroxyl groups is 1. The molecule has 4 nitrogen and oxygen atoms in total. The minimum Gasteiger partial charge on any atom is -0.506 e. The van der Waals surface area contributed by atoms with Gasteiger partial charge in [0.25, 0.3) is 5.56 Å². The zero-order chi connectivity index (χ0) is 9.59. The molecular formula is C8H8N2O2S. The summed E-state index contributed by atoms with van der Waals surface area (Å²) < 4.78 is 2.10. The first-order chi connectivity index (χ1) is 6.09. The van der Waals surface area contributed by atoms with Crippen molar-refractivity contribution in [1.29, 1.82) is 0 Å². The van der Waals surface area contributed by atoms with Crippen LogP contribution in [0.2, 0.25) is 0 Å². The quantitative estimate of drug-likeness (QED) is 0.684. The highest BCUT2D eigenvalue weighted by molar-refractivity contribution is 7.18. The van der Waals surface area contributed by atoms with Crippen molar-refractivity contribution in [3.05, 3.63) is 21.4 Å². The van der Waals surface area contributed by atoms with E-state index in [1.54, 1.807) is 7.05 Å². The third-order valence-electron chi connectivity index (χ3n) is 1.86. The van der Waals surface area contributed by atoms with Crippen LogP contribution in [0, 0.1) is 6.92 Å². The molecule has 0 aliphatic heterocycles. The molecule has 0 unspecified atom stereocenters. The number of hydrogen-bond acceptors (Lipinski definition) is 4. The lowest BCUT2D eigenvalue weighted by atomic mass is 10.4. The fourth-order valence-corrected chi connectivity index (χ4v) is 2.06. The van der Waals surface area contributed by atoms with E-state index >= 15 is 0 Å². The van der Waals surface area contributed by atoms with E-state index < -0.39 is 0 Å². The summed E-state index contributed by atoms with van der Waals surface area (Å²) in [4.78, 5) is 15.4.